The summed E-state index contributed by atoms with van der Waals surface area (Å²) in [6.07, 6.45) is -4.60. The molecule has 1 aromatic carbocycles. The highest BCUT2D eigenvalue weighted by Gasteiger charge is 2.35. The number of nitrogens with one attached hydrogen (secondary N) is 1. The minimum absolute atomic E-state index is 0.130. The van der Waals surface area contributed by atoms with E-state index in [1.54, 1.807) is 13.8 Å². The van der Waals surface area contributed by atoms with Crippen LogP contribution in [0.25, 0.3) is 0 Å². The molecule has 0 unspecified atom stereocenters. The molecule has 0 saturated carbocycles. The highest BCUT2D eigenvalue weighted by atomic mass is 19.4. The van der Waals surface area contributed by atoms with Crippen LogP contribution in [0.3, 0.4) is 0 Å². The second-order valence-electron chi connectivity index (χ2n) is 4.42. The minimum atomic E-state index is -4.60. The predicted molar refractivity (Wildman–Crippen MR) is 66.4 cm³/mol. The van der Waals surface area contributed by atoms with Crippen LogP contribution in [0.1, 0.15) is 40.6 Å². The van der Waals surface area contributed by atoms with Crippen LogP contribution in [0.4, 0.5) is 13.2 Å². The lowest BCUT2D eigenvalue weighted by molar-refractivity contribution is -0.137. The van der Waals surface area contributed by atoms with Crippen LogP contribution in [0, 0.1) is 6.92 Å². The zero-order valence-electron chi connectivity index (χ0n) is 11.2. The maximum Gasteiger partial charge on any atom is 0.417 e. The van der Waals surface area contributed by atoms with Gasteiger partial charge in [-0.15, -0.1) is 0 Å². The van der Waals surface area contributed by atoms with Gasteiger partial charge >= 0.3 is 6.18 Å². The van der Waals surface area contributed by atoms with E-state index in [-0.39, 0.29) is 5.89 Å². The van der Waals surface area contributed by atoms with Crippen LogP contribution in [-0.4, -0.2) is 16.0 Å². The number of nitrogens with zero attached hydrogens (tertiary/aromatic N) is 2. The highest BCUT2D eigenvalue weighted by molar-refractivity contribution is 5.96. The molecule has 1 N–H and O–H groups in total. The van der Waals surface area contributed by atoms with Gasteiger partial charge in [-0.2, -0.15) is 18.2 Å². The molecule has 0 bridgehead atoms. The number of amides is 1. The van der Waals surface area contributed by atoms with Gasteiger partial charge in [0.2, 0.25) is 5.89 Å². The molecule has 0 aliphatic heterocycles. The number of hydrogen-bond donors (Lipinski definition) is 1. The van der Waals surface area contributed by atoms with E-state index in [0.29, 0.717) is 5.82 Å². The van der Waals surface area contributed by atoms with E-state index in [1.165, 1.54) is 12.1 Å². The topological polar surface area (TPSA) is 68.0 Å². The molecule has 1 atom stereocenters. The molecule has 8 heteroatoms. The van der Waals surface area contributed by atoms with Crippen molar-refractivity contribution in [2.75, 3.05) is 0 Å². The van der Waals surface area contributed by atoms with Crippen LogP contribution in [0.2, 0.25) is 0 Å². The Morgan fingerprint density at radius 3 is 2.57 bits per heavy atom. The van der Waals surface area contributed by atoms with Crippen LogP contribution >= 0.6 is 0 Å². The summed E-state index contributed by atoms with van der Waals surface area (Å²) in [6.45, 7) is 3.14. The van der Waals surface area contributed by atoms with Gasteiger partial charge in [-0.25, -0.2) is 0 Å². The largest absolute Gasteiger partial charge is 0.417 e. The van der Waals surface area contributed by atoms with Gasteiger partial charge in [0, 0.05) is 0 Å². The molecular weight excluding hydrogens is 287 g/mol. The third-order valence-electron chi connectivity index (χ3n) is 2.74. The normalized spacial score (nSPS) is 13.0. The molecule has 1 heterocycles. The fourth-order valence-corrected chi connectivity index (χ4v) is 1.75. The van der Waals surface area contributed by atoms with Gasteiger partial charge in [0.15, 0.2) is 5.82 Å². The van der Waals surface area contributed by atoms with E-state index < -0.39 is 29.3 Å². The first kappa shape index (κ1) is 15.0. The van der Waals surface area contributed by atoms with Crippen molar-refractivity contribution in [2.45, 2.75) is 26.1 Å². The SMILES string of the molecule is Cc1noc([C@H](C)NC(=O)c2ccccc2C(F)(F)F)n1. The van der Waals surface area contributed by atoms with Gasteiger partial charge in [0.05, 0.1) is 11.1 Å². The zero-order valence-corrected chi connectivity index (χ0v) is 11.2. The van der Waals surface area contributed by atoms with Gasteiger partial charge in [-0.1, -0.05) is 17.3 Å². The Labute approximate surface area is 118 Å². The van der Waals surface area contributed by atoms with Crippen LogP contribution in [0.15, 0.2) is 28.8 Å². The Morgan fingerprint density at radius 2 is 2.00 bits per heavy atom. The number of rotatable bonds is 3. The van der Waals surface area contributed by atoms with E-state index in [4.69, 9.17) is 4.52 Å². The number of carbonyl (C=O) groups is 1. The lowest BCUT2D eigenvalue weighted by Crippen LogP contribution is -2.29. The molecule has 1 amide bonds. The van der Waals surface area contributed by atoms with E-state index in [0.717, 1.165) is 12.1 Å². The van der Waals surface area contributed by atoms with E-state index in [1.807, 2.05) is 0 Å². The summed E-state index contributed by atoms with van der Waals surface area (Å²) in [5, 5.41) is 5.96. The van der Waals surface area contributed by atoms with Gasteiger partial charge in [0.25, 0.3) is 5.91 Å². The molecule has 0 saturated heterocycles. The Bertz CT molecular complexity index is 652. The fraction of sp³-hybridized carbons (Fsp3) is 0.308. The van der Waals surface area contributed by atoms with E-state index >= 15 is 0 Å². The lowest BCUT2D eigenvalue weighted by Gasteiger charge is -2.14. The van der Waals surface area contributed by atoms with Crippen molar-refractivity contribution in [3.05, 3.63) is 47.1 Å². The second-order valence-corrected chi connectivity index (χ2v) is 4.42. The molecule has 21 heavy (non-hydrogen) atoms. The van der Waals surface area contributed by atoms with Crippen LogP contribution in [0.5, 0.6) is 0 Å². The van der Waals surface area contributed by atoms with Crippen molar-refractivity contribution >= 4 is 5.91 Å². The van der Waals surface area contributed by atoms with Crippen molar-refractivity contribution in [3.8, 4) is 0 Å². The Hall–Kier alpha value is -2.38. The Kier molecular flexibility index (Phi) is 3.97. The van der Waals surface area contributed by atoms with Gasteiger partial charge in [-0.3, -0.25) is 4.79 Å². The molecule has 2 rings (SSSR count). The smallest absolute Gasteiger partial charge is 0.340 e. The molecule has 2 aromatic rings. The standard InChI is InChI=1S/C13H12F3N3O2/c1-7(12-18-8(2)19-21-12)17-11(20)9-5-3-4-6-10(9)13(14,15)16/h3-7H,1-2H3,(H,17,20)/t7-/m0/s1. The lowest BCUT2D eigenvalue weighted by atomic mass is 10.1. The summed E-state index contributed by atoms with van der Waals surface area (Å²) < 4.78 is 43.4. The summed E-state index contributed by atoms with van der Waals surface area (Å²) in [6, 6.07) is 3.87. The third kappa shape index (κ3) is 3.39. The highest BCUT2D eigenvalue weighted by Crippen LogP contribution is 2.32. The molecule has 0 aliphatic carbocycles. The number of alkyl halides is 3. The quantitative estimate of drug-likeness (QED) is 0.946. The maximum absolute atomic E-state index is 12.9. The molecule has 5 nitrogen and oxygen atoms in total. The Morgan fingerprint density at radius 1 is 1.33 bits per heavy atom. The second kappa shape index (κ2) is 5.55. The molecule has 0 radical (unpaired) electrons. The summed E-state index contributed by atoms with van der Waals surface area (Å²) in [5.74, 6) is -0.349. The van der Waals surface area contributed by atoms with Crippen molar-refractivity contribution in [1.29, 1.82) is 0 Å². The maximum atomic E-state index is 12.9. The number of benzene rings is 1. The molecular formula is C13H12F3N3O2. The number of halogens is 3. The molecule has 0 aliphatic rings. The van der Waals surface area contributed by atoms with Gasteiger partial charge < -0.3 is 9.84 Å². The third-order valence-corrected chi connectivity index (χ3v) is 2.74. The fourth-order valence-electron chi connectivity index (χ4n) is 1.75. The Balaban J connectivity index is 2.21. The average molecular weight is 299 g/mol. The number of carbonyl (C=O) groups excluding carboxylic acids is 1. The molecule has 0 spiro atoms. The molecule has 0 fully saturated rings. The number of aryl methyl sites for hydroxylation is 1. The monoisotopic (exact) mass is 299 g/mol. The van der Waals surface area contributed by atoms with Gasteiger partial charge in [0.1, 0.15) is 6.04 Å². The number of hydrogen-bond acceptors (Lipinski definition) is 4. The summed E-state index contributed by atoms with van der Waals surface area (Å²) in [7, 11) is 0. The van der Waals surface area contributed by atoms with Gasteiger partial charge in [-0.05, 0) is 26.0 Å². The first-order chi connectivity index (χ1) is 9.79. The average Bonchev–Trinajstić information content (AvgIpc) is 2.84. The van der Waals surface area contributed by atoms with Crippen molar-refractivity contribution in [2.24, 2.45) is 0 Å². The summed E-state index contributed by atoms with van der Waals surface area (Å²) in [5.41, 5.74) is -1.44. The summed E-state index contributed by atoms with van der Waals surface area (Å²) in [4.78, 5) is 15.9. The van der Waals surface area contributed by atoms with E-state index in [2.05, 4.69) is 15.5 Å². The zero-order chi connectivity index (χ0) is 15.6. The van der Waals surface area contributed by atoms with Crippen molar-refractivity contribution in [3.63, 3.8) is 0 Å². The predicted octanol–water partition coefficient (Wildman–Crippen LogP) is 2.89. The molecule has 112 valence electrons. The minimum Gasteiger partial charge on any atom is -0.340 e. The molecule has 1 aromatic heterocycles. The van der Waals surface area contributed by atoms with Crippen molar-refractivity contribution < 1.29 is 22.5 Å². The van der Waals surface area contributed by atoms with Crippen molar-refractivity contribution in [1.82, 2.24) is 15.5 Å². The van der Waals surface area contributed by atoms with E-state index in [9.17, 15) is 18.0 Å². The summed E-state index contributed by atoms with van der Waals surface area (Å²) >= 11 is 0. The first-order valence-electron chi connectivity index (χ1n) is 6.06. The number of aromatic nitrogens is 2. The van der Waals surface area contributed by atoms with Crippen LogP contribution in [-0.2, 0) is 6.18 Å². The van der Waals surface area contributed by atoms with Crippen LogP contribution < -0.4 is 5.32 Å². The first-order valence-corrected chi connectivity index (χ1v) is 6.06.